The van der Waals surface area contributed by atoms with Crippen molar-refractivity contribution in [2.45, 2.75) is 18.3 Å². The number of nitrogens with one attached hydrogen (secondary N) is 1. The molecule has 0 amide bonds. The number of ether oxygens (including phenoxy) is 1. The van der Waals surface area contributed by atoms with E-state index in [0.29, 0.717) is 0 Å². The van der Waals surface area contributed by atoms with Crippen molar-refractivity contribution >= 4 is 28.9 Å². The van der Waals surface area contributed by atoms with Gasteiger partial charge in [-0.15, -0.1) is 0 Å². The number of hydrogen-bond donors (Lipinski definition) is 2. The van der Waals surface area contributed by atoms with Crippen molar-refractivity contribution in [3.8, 4) is 6.07 Å². The fraction of sp³-hybridized carbons (Fsp3) is 0.286. The maximum atomic E-state index is 13.3. The minimum atomic E-state index is -4.70. The molecule has 10 heteroatoms. The molecule has 0 bridgehead atoms. The van der Waals surface area contributed by atoms with Crippen LogP contribution >= 0.6 is 23.2 Å². The minimum Gasteiger partial charge on any atom is -0.453 e. The molecule has 24 heavy (non-hydrogen) atoms. The molecule has 2 aliphatic rings. The summed E-state index contributed by atoms with van der Waals surface area (Å²) in [5.41, 5.74) is 6.98. The fourth-order valence-electron chi connectivity index (χ4n) is 2.88. The summed E-state index contributed by atoms with van der Waals surface area (Å²) < 4.78 is 45.1. The van der Waals surface area contributed by atoms with Gasteiger partial charge in [0.1, 0.15) is 6.07 Å². The van der Waals surface area contributed by atoms with Crippen LogP contribution in [0.1, 0.15) is 11.5 Å². The Morgan fingerprint density at radius 3 is 2.67 bits per heavy atom. The third-order valence-electron chi connectivity index (χ3n) is 3.85. The second kappa shape index (κ2) is 5.76. The Bertz CT molecular complexity index is 800. The standard InChI is InChI=1S/C14H9Cl2F3N4O/c15-5-1-2-8(16)6(3-5)9-7(4-20)12(21)24-13-10(9)11(22-23-13)14(17,18)19/h1-3,9-10,13,23H,21H2/t9-,10+,13+/m1/s1. The lowest BCUT2D eigenvalue weighted by Crippen LogP contribution is -2.45. The summed E-state index contributed by atoms with van der Waals surface area (Å²) in [6, 6.07) is 6.16. The van der Waals surface area contributed by atoms with Crippen LogP contribution < -0.4 is 11.2 Å². The minimum absolute atomic E-state index is 0.152. The topological polar surface area (TPSA) is 83.4 Å². The van der Waals surface area contributed by atoms with Gasteiger partial charge in [0.15, 0.2) is 11.9 Å². The molecule has 5 nitrogen and oxygen atoms in total. The number of halogens is 5. The molecule has 126 valence electrons. The number of allylic oxidation sites excluding steroid dienone is 1. The summed E-state index contributed by atoms with van der Waals surface area (Å²) in [5.74, 6) is -2.68. The van der Waals surface area contributed by atoms with E-state index in [1.807, 2.05) is 6.07 Å². The van der Waals surface area contributed by atoms with Gasteiger partial charge >= 0.3 is 6.18 Å². The second-order valence-electron chi connectivity index (χ2n) is 5.22. The molecule has 0 radical (unpaired) electrons. The van der Waals surface area contributed by atoms with Crippen molar-refractivity contribution in [3.63, 3.8) is 0 Å². The third kappa shape index (κ3) is 2.64. The molecule has 3 N–H and O–H groups in total. The molecular weight excluding hydrogens is 368 g/mol. The maximum absolute atomic E-state index is 13.3. The number of alkyl halides is 3. The number of hydrogen-bond acceptors (Lipinski definition) is 5. The van der Waals surface area contributed by atoms with Gasteiger partial charge in [-0.3, -0.25) is 5.43 Å². The van der Waals surface area contributed by atoms with Crippen LogP contribution in [0.3, 0.4) is 0 Å². The Kier molecular flexibility index (Phi) is 4.01. The van der Waals surface area contributed by atoms with Gasteiger partial charge in [0, 0.05) is 16.0 Å². The van der Waals surface area contributed by atoms with E-state index >= 15 is 0 Å². The average molecular weight is 377 g/mol. The Morgan fingerprint density at radius 2 is 2.04 bits per heavy atom. The van der Waals surface area contributed by atoms with E-state index in [9.17, 15) is 18.4 Å². The molecule has 2 aliphatic heterocycles. The summed E-state index contributed by atoms with van der Waals surface area (Å²) >= 11 is 12.1. The van der Waals surface area contributed by atoms with Gasteiger partial charge in [-0.25, -0.2) is 0 Å². The molecule has 3 rings (SSSR count). The number of nitrogens with zero attached hydrogens (tertiary/aromatic N) is 2. The first kappa shape index (κ1) is 16.7. The van der Waals surface area contributed by atoms with E-state index in [1.54, 1.807) is 0 Å². The number of nitrogens with two attached hydrogens (primary N) is 1. The van der Waals surface area contributed by atoms with Crippen LogP contribution in [0.2, 0.25) is 10.0 Å². The second-order valence-corrected chi connectivity index (χ2v) is 6.07. The molecule has 0 fully saturated rings. The van der Waals surface area contributed by atoms with Gasteiger partial charge in [0.2, 0.25) is 5.88 Å². The normalized spacial score (nSPS) is 26.2. The van der Waals surface area contributed by atoms with Crippen LogP contribution in [-0.4, -0.2) is 18.1 Å². The van der Waals surface area contributed by atoms with E-state index in [0.717, 1.165) is 0 Å². The molecule has 1 aromatic rings. The van der Waals surface area contributed by atoms with Crippen LogP contribution in [0.15, 0.2) is 34.8 Å². The molecule has 0 saturated carbocycles. The van der Waals surface area contributed by atoms with Gasteiger partial charge in [-0.05, 0) is 23.8 Å². The summed E-state index contributed by atoms with van der Waals surface area (Å²) in [6.07, 6.45) is -5.86. The highest BCUT2D eigenvalue weighted by Crippen LogP contribution is 2.47. The highest BCUT2D eigenvalue weighted by atomic mass is 35.5. The monoisotopic (exact) mass is 376 g/mol. The molecule has 3 atom stereocenters. The zero-order valence-electron chi connectivity index (χ0n) is 11.7. The third-order valence-corrected chi connectivity index (χ3v) is 4.43. The molecule has 0 unspecified atom stereocenters. The van der Waals surface area contributed by atoms with Crippen molar-refractivity contribution in [3.05, 3.63) is 45.3 Å². The molecule has 2 heterocycles. The number of hydrazone groups is 1. The molecule has 1 aromatic carbocycles. The van der Waals surface area contributed by atoms with E-state index in [2.05, 4.69) is 10.5 Å². The lowest BCUT2D eigenvalue weighted by molar-refractivity contribution is -0.0661. The first-order chi connectivity index (χ1) is 11.2. The van der Waals surface area contributed by atoms with E-state index in [1.165, 1.54) is 18.2 Å². The van der Waals surface area contributed by atoms with Gasteiger partial charge in [0.25, 0.3) is 0 Å². The SMILES string of the molecule is N#CC1=C(N)O[C@@H]2NN=C(C(F)(F)F)[C@@H]2[C@@H]1c1cc(Cl)ccc1Cl. The van der Waals surface area contributed by atoms with Crippen molar-refractivity contribution < 1.29 is 17.9 Å². The molecule has 0 aliphatic carbocycles. The van der Waals surface area contributed by atoms with Crippen LogP contribution in [0.4, 0.5) is 13.2 Å². The lowest BCUT2D eigenvalue weighted by atomic mass is 9.76. The van der Waals surface area contributed by atoms with Gasteiger partial charge in [-0.2, -0.15) is 23.5 Å². The number of nitriles is 1. The number of rotatable bonds is 1. The first-order valence-electron chi connectivity index (χ1n) is 6.65. The van der Waals surface area contributed by atoms with Crippen LogP contribution in [-0.2, 0) is 4.74 Å². The van der Waals surface area contributed by atoms with Crippen LogP contribution in [0.25, 0.3) is 0 Å². The average Bonchev–Trinajstić information content (AvgIpc) is 2.91. The van der Waals surface area contributed by atoms with Crippen molar-refractivity contribution in [2.75, 3.05) is 0 Å². The fourth-order valence-corrected chi connectivity index (χ4v) is 3.29. The number of benzene rings is 1. The zero-order valence-corrected chi connectivity index (χ0v) is 13.2. The smallest absolute Gasteiger partial charge is 0.431 e. The maximum Gasteiger partial charge on any atom is 0.431 e. The molecule has 0 spiro atoms. The molecular formula is C14H9Cl2F3N4O. The predicted octanol–water partition coefficient (Wildman–Crippen LogP) is 3.26. The van der Waals surface area contributed by atoms with Gasteiger partial charge < -0.3 is 10.5 Å². The quantitative estimate of drug-likeness (QED) is 0.787. The Balaban J connectivity index is 2.21. The van der Waals surface area contributed by atoms with Crippen LogP contribution in [0, 0.1) is 17.2 Å². The highest BCUT2D eigenvalue weighted by molar-refractivity contribution is 6.33. The van der Waals surface area contributed by atoms with E-state index in [4.69, 9.17) is 33.7 Å². The van der Waals surface area contributed by atoms with E-state index < -0.39 is 30.0 Å². The van der Waals surface area contributed by atoms with Crippen LogP contribution in [0.5, 0.6) is 0 Å². The Morgan fingerprint density at radius 1 is 1.33 bits per heavy atom. The largest absolute Gasteiger partial charge is 0.453 e. The predicted molar refractivity (Wildman–Crippen MR) is 81.0 cm³/mol. The highest BCUT2D eigenvalue weighted by Gasteiger charge is 2.55. The van der Waals surface area contributed by atoms with Crippen molar-refractivity contribution in [1.29, 1.82) is 5.26 Å². The Hall–Kier alpha value is -2.11. The van der Waals surface area contributed by atoms with Crippen molar-refractivity contribution in [2.24, 2.45) is 16.8 Å². The summed E-state index contributed by atoms with van der Waals surface area (Å²) in [6.45, 7) is 0. The summed E-state index contributed by atoms with van der Waals surface area (Å²) in [4.78, 5) is 0. The van der Waals surface area contributed by atoms with Gasteiger partial charge in [0.05, 0.1) is 11.5 Å². The molecule has 0 saturated heterocycles. The number of fused-ring (bicyclic) bond motifs is 1. The molecule has 0 aromatic heterocycles. The summed E-state index contributed by atoms with van der Waals surface area (Å²) in [5, 5.41) is 13.1. The Labute approximate surface area is 144 Å². The van der Waals surface area contributed by atoms with Gasteiger partial charge in [-0.1, -0.05) is 23.2 Å². The van der Waals surface area contributed by atoms with E-state index in [-0.39, 0.29) is 27.1 Å². The summed E-state index contributed by atoms with van der Waals surface area (Å²) in [7, 11) is 0. The first-order valence-corrected chi connectivity index (χ1v) is 7.41. The zero-order chi connectivity index (χ0) is 17.6. The van der Waals surface area contributed by atoms with Crippen molar-refractivity contribution in [1.82, 2.24) is 5.43 Å². The lowest BCUT2D eigenvalue weighted by Gasteiger charge is -2.35.